The number of carboxylic acid groups (broad SMARTS) is 1. The highest BCUT2D eigenvalue weighted by Gasteiger charge is 2.45. The number of anilines is 1. The van der Waals surface area contributed by atoms with Gasteiger partial charge in [-0.2, -0.15) is 0 Å². The Hall–Kier alpha value is -3.02. The van der Waals surface area contributed by atoms with Crippen molar-refractivity contribution in [2.45, 2.75) is 37.5 Å². The molecule has 0 radical (unpaired) electrons. The maximum absolute atomic E-state index is 13.0. The van der Waals surface area contributed by atoms with E-state index in [1.807, 2.05) is 0 Å². The van der Waals surface area contributed by atoms with Crippen LogP contribution in [0.15, 0.2) is 42.5 Å². The minimum absolute atomic E-state index is 0.0669. The van der Waals surface area contributed by atoms with Crippen molar-refractivity contribution >= 4 is 17.6 Å². The summed E-state index contributed by atoms with van der Waals surface area (Å²) in [4.78, 5) is 26.3. The van der Waals surface area contributed by atoms with E-state index in [0.717, 1.165) is 42.7 Å². The molecule has 1 fully saturated rings. The normalized spacial score (nSPS) is 17.1. The molecule has 1 heterocycles. The third-order valence-corrected chi connectivity index (χ3v) is 6.10. The zero-order chi connectivity index (χ0) is 20.4. The number of fused-ring (bicyclic) bond motifs is 2. The summed E-state index contributed by atoms with van der Waals surface area (Å²) in [6.07, 6.45) is 5.34. The number of hydrogen-bond acceptors (Lipinski definition) is 4. The van der Waals surface area contributed by atoms with Crippen molar-refractivity contribution in [3.63, 3.8) is 0 Å². The van der Waals surface area contributed by atoms with Crippen LogP contribution in [0, 0.1) is 0 Å². The summed E-state index contributed by atoms with van der Waals surface area (Å²) in [5, 5.41) is 9.42. The van der Waals surface area contributed by atoms with E-state index in [0.29, 0.717) is 12.3 Å². The minimum Gasteiger partial charge on any atom is -0.497 e. The van der Waals surface area contributed by atoms with Crippen molar-refractivity contribution in [3.05, 3.63) is 53.6 Å². The largest absolute Gasteiger partial charge is 0.497 e. The maximum Gasteiger partial charge on any atom is 0.335 e. The molecule has 6 nitrogen and oxygen atoms in total. The Morgan fingerprint density at radius 1 is 1.03 bits per heavy atom. The van der Waals surface area contributed by atoms with Crippen LogP contribution in [0.25, 0.3) is 0 Å². The lowest BCUT2D eigenvalue weighted by Gasteiger charge is -2.34. The van der Waals surface area contributed by atoms with Gasteiger partial charge in [0, 0.05) is 17.6 Å². The molecule has 0 bridgehead atoms. The second kappa shape index (κ2) is 7.78. The monoisotopic (exact) mass is 395 g/mol. The Morgan fingerprint density at radius 2 is 1.72 bits per heavy atom. The lowest BCUT2D eigenvalue weighted by Crippen LogP contribution is -2.40. The lowest BCUT2D eigenvalue weighted by molar-refractivity contribution is -0.120. The van der Waals surface area contributed by atoms with Crippen LogP contribution >= 0.6 is 0 Å². The number of benzene rings is 2. The number of carboxylic acids is 1. The van der Waals surface area contributed by atoms with Gasteiger partial charge in [-0.15, -0.1) is 0 Å². The summed E-state index contributed by atoms with van der Waals surface area (Å²) >= 11 is 0. The summed E-state index contributed by atoms with van der Waals surface area (Å²) in [5.41, 5.74) is 1.95. The van der Waals surface area contributed by atoms with Crippen LogP contribution in [0.3, 0.4) is 0 Å². The Kier molecular flexibility index (Phi) is 5.18. The predicted molar refractivity (Wildman–Crippen MR) is 109 cm³/mol. The third-order valence-electron chi connectivity index (χ3n) is 6.10. The number of carbonyl (C=O) groups excluding carboxylic acids is 1. The number of hydrogen-bond donors (Lipinski definition) is 1. The zero-order valence-corrected chi connectivity index (χ0v) is 16.5. The Balaban J connectivity index is 1.56. The molecule has 0 atom stereocenters. The van der Waals surface area contributed by atoms with Gasteiger partial charge in [0.25, 0.3) is 5.91 Å². The predicted octanol–water partition coefficient (Wildman–Crippen LogP) is 4.02. The van der Waals surface area contributed by atoms with Crippen molar-refractivity contribution < 1.29 is 24.2 Å². The Bertz CT molecular complexity index is 915. The molecule has 2 aromatic rings. The average molecular weight is 395 g/mol. The molecule has 1 N–H and O–H groups in total. The molecule has 0 aromatic heterocycles. The summed E-state index contributed by atoms with van der Waals surface area (Å²) in [6.45, 7) is 0.527. The van der Waals surface area contributed by atoms with Gasteiger partial charge < -0.3 is 19.5 Å². The van der Waals surface area contributed by atoms with E-state index in [4.69, 9.17) is 9.47 Å². The van der Waals surface area contributed by atoms with E-state index in [9.17, 15) is 14.7 Å². The van der Waals surface area contributed by atoms with Gasteiger partial charge in [-0.3, -0.25) is 4.79 Å². The molecule has 0 unspecified atom stereocenters. The van der Waals surface area contributed by atoms with Gasteiger partial charge in [0.2, 0.25) is 0 Å². The van der Waals surface area contributed by atoms with Gasteiger partial charge in [0.05, 0.1) is 12.7 Å². The Labute approximate surface area is 170 Å². The molecular formula is C23H25NO5. The number of methoxy groups -OCH3 is 1. The summed E-state index contributed by atoms with van der Waals surface area (Å²) in [5.74, 6) is 0.275. The first-order chi connectivity index (χ1) is 14.0. The molecule has 1 aliphatic carbocycles. The smallest absolute Gasteiger partial charge is 0.335 e. The van der Waals surface area contributed by atoms with E-state index in [1.54, 1.807) is 54.5 Å². The number of aromatic carboxylic acids is 1. The standard InChI is InChI=1S/C23H25NO5/c1-28-17-6-8-18(9-7-17)29-14-21(25)24-15-23(11-3-2-4-12-23)19-13-16(22(26)27)5-10-20(19)24/h5-10,13H,2-4,11-12,14-15H2,1H3,(H,26,27). The molecule has 29 heavy (non-hydrogen) atoms. The van der Waals surface area contributed by atoms with Gasteiger partial charge in [-0.25, -0.2) is 4.79 Å². The highest BCUT2D eigenvalue weighted by Crippen LogP contribution is 2.49. The lowest BCUT2D eigenvalue weighted by atomic mass is 9.70. The van der Waals surface area contributed by atoms with Crippen molar-refractivity contribution in [1.82, 2.24) is 0 Å². The van der Waals surface area contributed by atoms with Crippen LogP contribution in [-0.2, 0) is 10.2 Å². The number of carbonyl (C=O) groups is 2. The number of amides is 1. The van der Waals surface area contributed by atoms with Crippen molar-refractivity contribution in [3.8, 4) is 11.5 Å². The second-order valence-electron chi connectivity index (χ2n) is 7.82. The fraction of sp³-hybridized carbons (Fsp3) is 0.391. The molecule has 4 rings (SSSR count). The molecule has 1 amide bonds. The highest BCUT2D eigenvalue weighted by atomic mass is 16.5. The summed E-state index contributed by atoms with van der Waals surface area (Å²) in [7, 11) is 1.60. The number of rotatable bonds is 5. The van der Waals surface area contributed by atoms with Crippen LogP contribution in [0.5, 0.6) is 11.5 Å². The van der Waals surface area contributed by atoms with Crippen LogP contribution in [0.2, 0.25) is 0 Å². The topological polar surface area (TPSA) is 76.1 Å². The van der Waals surface area contributed by atoms with E-state index in [1.165, 1.54) is 6.42 Å². The fourth-order valence-electron chi connectivity index (χ4n) is 4.58. The first kappa shape index (κ1) is 19.3. The van der Waals surface area contributed by atoms with E-state index in [2.05, 4.69) is 0 Å². The molecule has 1 saturated carbocycles. The summed E-state index contributed by atoms with van der Waals surface area (Å²) in [6, 6.07) is 12.2. The fourth-order valence-corrected chi connectivity index (χ4v) is 4.58. The van der Waals surface area contributed by atoms with Crippen LogP contribution in [0.1, 0.15) is 48.0 Å². The van der Waals surface area contributed by atoms with Crippen LogP contribution in [-0.4, -0.2) is 37.2 Å². The van der Waals surface area contributed by atoms with Crippen molar-refractivity contribution in [1.29, 1.82) is 0 Å². The van der Waals surface area contributed by atoms with Gasteiger partial charge in [0.15, 0.2) is 6.61 Å². The molecule has 2 aromatic carbocycles. The molecule has 0 saturated heterocycles. The average Bonchev–Trinajstić information content (AvgIpc) is 3.06. The van der Waals surface area contributed by atoms with Crippen molar-refractivity contribution in [2.75, 3.05) is 25.2 Å². The highest BCUT2D eigenvalue weighted by molar-refractivity contribution is 5.98. The quantitative estimate of drug-likeness (QED) is 0.827. The van der Waals surface area contributed by atoms with Gasteiger partial charge >= 0.3 is 5.97 Å². The molecule has 2 aliphatic rings. The summed E-state index contributed by atoms with van der Waals surface area (Å²) < 4.78 is 10.8. The third kappa shape index (κ3) is 3.67. The molecule has 6 heteroatoms. The SMILES string of the molecule is COc1ccc(OCC(=O)N2CC3(CCCCC3)c3cc(C(=O)O)ccc32)cc1. The van der Waals surface area contributed by atoms with Gasteiger partial charge in [-0.05, 0) is 60.9 Å². The second-order valence-corrected chi connectivity index (χ2v) is 7.82. The molecule has 1 spiro atoms. The first-order valence-electron chi connectivity index (χ1n) is 9.97. The number of nitrogens with zero attached hydrogens (tertiary/aromatic N) is 1. The van der Waals surface area contributed by atoms with Gasteiger partial charge in [0.1, 0.15) is 11.5 Å². The molecule has 152 valence electrons. The van der Waals surface area contributed by atoms with Crippen LogP contribution < -0.4 is 14.4 Å². The van der Waals surface area contributed by atoms with Gasteiger partial charge in [-0.1, -0.05) is 19.3 Å². The molecule has 1 aliphatic heterocycles. The van der Waals surface area contributed by atoms with Crippen LogP contribution in [0.4, 0.5) is 5.69 Å². The van der Waals surface area contributed by atoms with E-state index < -0.39 is 5.97 Å². The maximum atomic E-state index is 13.0. The number of ether oxygens (including phenoxy) is 2. The van der Waals surface area contributed by atoms with E-state index >= 15 is 0 Å². The van der Waals surface area contributed by atoms with E-state index in [-0.39, 0.29) is 23.5 Å². The first-order valence-corrected chi connectivity index (χ1v) is 9.97. The van der Waals surface area contributed by atoms with Crippen molar-refractivity contribution in [2.24, 2.45) is 0 Å². The minimum atomic E-state index is -0.939. The zero-order valence-electron chi connectivity index (χ0n) is 16.5. The Morgan fingerprint density at radius 3 is 2.38 bits per heavy atom. The molecular weight excluding hydrogens is 370 g/mol.